The minimum Gasteiger partial charge on any atom is -0.408 e. The van der Waals surface area contributed by atoms with Crippen LogP contribution in [0.2, 0.25) is 0 Å². The Hall–Kier alpha value is -2.04. The largest absolute Gasteiger partial charge is 0.420 e. The van der Waals surface area contributed by atoms with Crippen molar-refractivity contribution in [3.05, 3.63) is 34.8 Å². The third-order valence-corrected chi connectivity index (χ3v) is 2.90. The van der Waals surface area contributed by atoms with E-state index >= 15 is 0 Å². The first-order valence-electron chi connectivity index (χ1n) is 5.99. The lowest BCUT2D eigenvalue weighted by molar-refractivity contribution is -0.122. The van der Waals surface area contributed by atoms with E-state index in [9.17, 15) is 9.59 Å². The average molecular weight is 248 g/mol. The van der Waals surface area contributed by atoms with E-state index in [2.05, 4.69) is 5.32 Å². The van der Waals surface area contributed by atoms with Gasteiger partial charge >= 0.3 is 5.76 Å². The highest BCUT2D eigenvalue weighted by Gasteiger charge is 2.13. The molecule has 0 spiro atoms. The lowest BCUT2D eigenvalue weighted by atomic mass is 10.2. The Morgan fingerprint density at radius 3 is 2.89 bits per heavy atom. The predicted octanol–water partition coefficient (Wildman–Crippen LogP) is 1.51. The van der Waals surface area contributed by atoms with E-state index in [1.54, 1.807) is 24.3 Å². The van der Waals surface area contributed by atoms with E-state index in [1.165, 1.54) is 4.57 Å². The fourth-order valence-electron chi connectivity index (χ4n) is 1.73. The van der Waals surface area contributed by atoms with Crippen molar-refractivity contribution < 1.29 is 9.21 Å². The average Bonchev–Trinajstić information content (AvgIpc) is 2.66. The Labute approximate surface area is 104 Å². The zero-order chi connectivity index (χ0) is 13.1. The fraction of sp³-hybridized carbons (Fsp3) is 0.385. The van der Waals surface area contributed by atoms with E-state index in [-0.39, 0.29) is 18.5 Å². The summed E-state index contributed by atoms with van der Waals surface area (Å²) in [6, 6.07) is 7.16. The molecule has 0 saturated heterocycles. The van der Waals surface area contributed by atoms with Gasteiger partial charge in [0.1, 0.15) is 6.54 Å². The second-order valence-corrected chi connectivity index (χ2v) is 4.30. The van der Waals surface area contributed by atoms with Gasteiger partial charge in [-0.15, -0.1) is 0 Å². The van der Waals surface area contributed by atoms with Gasteiger partial charge in [0.15, 0.2) is 5.58 Å². The first-order chi connectivity index (χ1) is 8.61. The molecule has 2 aromatic rings. The molecule has 1 atom stereocenters. The topological polar surface area (TPSA) is 64.2 Å². The van der Waals surface area contributed by atoms with Gasteiger partial charge in [-0.3, -0.25) is 9.36 Å². The van der Waals surface area contributed by atoms with E-state index in [1.807, 2.05) is 13.8 Å². The van der Waals surface area contributed by atoms with Crippen molar-refractivity contribution in [1.82, 2.24) is 9.88 Å². The molecule has 0 fully saturated rings. The zero-order valence-corrected chi connectivity index (χ0v) is 10.5. The summed E-state index contributed by atoms with van der Waals surface area (Å²) in [6.07, 6.45) is 0.854. The summed E-state index contributed by atoms with van der Waals surface area (Å²) >= 11 is 0. The standard InChI is InChI=1S/C13H16N2O3/c1-3-9(2)14-12(16)8-15-10-6-4-5-7-11(10)18-13(15)17/h4-7,9H,3,8H2,1-2H3,(H,14,16). The molecule has 5 nitrogen and oxygen atoms in total. The van der Waals surface area contributed by atoms with Crippen LogP contribution >= 0.6 is 0 Å². The number of oxazole rings is 1. The summed E-state index contributed by atoms with van der Waals surface area (Å²) in [5, 5.41) is 2.82. The molecule has 0 radical (unpaired) electrons. The minimum absolute atomic E-state index is 0.0137. The number of carbonyl (C=O) groups is 1. The van der Waals surface area contributed by atoms with Crippen molar-refractivity contribution in [3.8, 4) is 0 Å². The summed E-state index contributed by atoms with van der Waals surface area (Å²) in [4.78, 5) is 23.4. The van der Waals surface area contributed by atoms with Crippen molar-refractivity contribution in [3.63, 3.8) is 0 Å². The van der Waals surface area contributed by atoms with Crippen LogP contribution in [0.3, 0.4) is 0 Å². The molecule has 0 aliphatic carbocycles. The van der Waals surface area contributed by atoms with Crippen molar-refractivity contribution >= 4 is 17.0 Å². The smallest absolute Gasteiger partial charge is 0.408 e. The zero-order valence-electron chi connectivity index (χ0n) is 10.5. The molecule has 1 unspecified atom stereocenters. The highest BCUT2D eigenvalue weighted by Crippen LogP contribution is 2.11. The molecular weight excluding hydrogens is 232 g/mol. The molecule has 0 aliphatic heterocycles. The van der Waals surface area contributed by atoms with Crippen LogP contribution in [0.4, 0.5) is 0 Å². The number of nitrogens with one attached hydrogen (secondary N) is 1. The SMILES string of the molecule is CCC(C)NC(=O)Cn1c(=O)oc2ccccc21. The van der Waals surface area contributed by atoms with Crippen LogP contribution in [0.15, 0.2) is 33.5 Å². The van der Waals surface area contributed by atoms with Crippen LogP contribution in [-0.4, -0.2) is 16.5 Å². The number of rotatable bonds is 4. The van der Waals surface area contributed by atoms with Gasteiger partial charge in [-0.2, -0.15) is 0 Å². The summed E-state index contributed by atoms with van der Waals surface area (Å²) in [7, 11) is 0. The second-order valence-electron chi connectivity index (χ2n) is 4.30. The molecular formula is C13H16N2O3. The van der Waals surface area contributed by atoms with Gasteiger partial charge in [-0.25, -0.2) is 4.79 Å². The van der Waals surface area contributed by atoms with Crippen LogP contribution in [0.1, 0.15) is 20.3 Å². The minimum atomic E-state index is -0.504. The summed E-state index contributed by atoms with van der Waals surface area (Å²) in [6.45, 7) is 3.90. The summed E-state index contributed by atoms with van der Waals surface area (Å²) < 4.78 is 6.40. The van der Waals surface area contributed by atoms with Crippen molar-refractivity contribution in [2.24, 2.45) is 0 Å². The molecule has 5 heteroatoms. The molecule has 1 aromatic heterocycles. The van der Waals surface area contributed by atoms with Crippen LogP contribution < -0.4 is 11.1 Å². The number of carbonyl (C=O) groups excluding carboxylic acids is 1. The van der Waals surface area contributed by atoms with Crippen LogP contribution in [0, 0.1) is 0 Å². The quantitative estimate of drug-likeness (QED) is 0.892. The first kappa shape index (κ1) is 12.4. The molecule has 18 heavy (non-hydrogen) atoms. The Balaban J connectivity index is 2.24. The number of hydrogen-bond acceptors (Lipinski definition) is 3. The number of para-hydroxylation sites is 2. The molecule has 1 N–H and O–H groups in total. The highest BCUT2D eigenvalue weighted by atomic mass is 16.4. The lowest BCUT2D eigenvalue weighted by Gasteiger charge is -2.11. The molecule has 0 aliphatic rings. The summed E-state index contributed by atoms with van der Waals surface area (Å²) in [5.74, 6) is -0.687. The summed E-state index contributed by atoms with van der Waals surface area (Å²) in [5.41, 5.74) is 1.14. The van der Waals surface area contributed by atoms with E-state index in [4.69, 9.17) is 4.42 Å². The number of amides is 1. The van der Waals surface area contributed by atoms with Crippen LogP contribution in [0.25, 0.3) is 11.1 Å². The van der Waals surface area contributed by atoms with E-state index in [0.717, 1.165) is 6.42 Å². The maximum absolute atomic E-state index is 11.8. The fourth-order valence-corrected chi connectivity index (χ4v) is 1.73. The third-order valence-electron chi connectivity index (χ3n) is 2.90. The third kappa shape index (κ3) is 2.45. The second kappa shape index (κ2) is 5.08. The maximum Gasteiger partial charge on any atom is 0.420 e. The molecule has 96 valence electrons. The normalized spacial score (nSPS) is 12.6. The lowest BCUT2D eigenvalue weighted by Crippen LogP contribution is -2.36. The Bertz CT molecular complexity index is 612. The number of aromatic nitrogens is 1. The predicted molar refractivity (Wildman–Crippen MR) is 68.4 cm³/mol. The molecule has 1 heterocycles. The molecule has 0 saturated carbocycles. The van der Waals surface area contributed by atoms with Gasteiger partial charge in [0.05, 0.1) is 5.52 Å². The monoisotopic (exact) mass is 248 g/mol. The van der Waals surface area contributed by atoms with Gasteiger partial charge in [0, 0.05) is 6.04 Å². The van der Waals surface area contributed by atoms with Gasteiger partial charge in [-0.05, 0) is 25.5 Å². The number of benzene rings is 1. The van der Waals surface area contributed by atoms with Crippen molar-refractivity contribution in [2.75, 3.05) is 0 Å². The Morgan fingerprint density at radius 1 is 1.44 bits per heavy atom. The van der Waals surface area contributed by atoms with Crippen molar-refractivity contribution in [2.45, 2.75) is 32.9 Å². The number of hydrogen-bond donors (Lipinski definition) is 1. The van der Waals surface area contributed by atoms with Crippen LogP contribution in [-0.2, 0) is 11.3 Å². The van der Waals surface area contributed by atoms with E-state index < -0.39 is 5.76 Å². The maximum atomic E-state index is 11.8. The Kier molecular flexibility index (Phi) is 3.50. The van der Waals surface area contributed by atoms with E-state index in [0.29, 0.717) is 11.1 Å². The van der Waals surface area contributed by atoms with Crippen LogP contribution in [0.5, 0.6) is 0 Å². The van der Waals surface area contributed by atoms with Crippen molar-refractivity contribution in [1.29, 1.82) is 0 Å². The van der Waals surface area contributed by atoms with Gasteiger partial charge in [-0.1, -0.05) is 19.1 Å². The van der Waals surface area contributed by atoms with Gasteiger partial charge in [0.25, 0.3) is 0 Å². The molecule has 2 rings (SSSR count). The Morgan fingerprint density at radius 2 is 2.17 bits per heavy atom. The van der Waals surface area contributed by atoms with Gasteiger partial charge in [0.2, 0.25) is 5.91 Å². The molecule has 0 bridgehead atoms. The molecule has 1 aromatic carbocycles. The molecule has 1 amide bonds. The first-order valence-corrected chi connectivity index (χ1v) is 5.99. The number of nitrogens with zero attached hydrogens (tertiary/aromatic N) is 1. The van der Waals surface area contributed by atoms with Gasteiger partial charge < -0.3 is 9.73 Å². The highest BCUT2D eigenvalue weighted by molar-refractivity contribution is 5.79. The number of fused-ring (bicyclic) bond motifs is 1.